The highest BCUT2D eigenvalue weighted by Gasteiger charge is 2.13. The molecular weight excluding hydrogens is 252 g/mol. The van der Waals surface area contributed by atoms with Crippen molar-refractivity contribution in [1.29, 1.82) is 0 Å². The molecule has 1 aliphatic rings. The van der Waals surface area contributed by atoms with Gasteiger partial charge in [-0.2, -0.15) is 0 Å². The standard InChI is InChI=1S/C15H24N4O/c1-12(2)16-8-7-15(20)18-13-5-6-14(17-11-13)19-9-3-4-10-19/h5-6,11-12,16H,3-4,7-10H2,1-2H3,(H,18,20). The normalized spacial score (nSPS) is 14.8. The summed E-state index contributed by atoms with van der Waals surface area (Å²) in [6, 6.07) is 4.31. The van der Waals surface area contributed by atoms with Crippen LogP contribution in [0.25, 0.3) is 0 Å². The summed E-state index contributed by atoms with van der Waals surface area (Å²) in [7, 11) is 0. The number of nitrogens with zero attached hydrogens (tertiary/aromatic N) is 2. The summed E-state index contributed by atoms with van der Waals surface area (Å²) in [5, 5.41) is 6.10. The topological polar surface area (TPSA) is 57.3 Å². The maximum Gasteiger partial charge on any atom is 0.225 e. The summed E-state index contributed by atoms with van der Waals surface area (Å²) in [4.78, 5) is 18.4. The summed E-state index contributed by atoms with van der Waals surface area (Å²) in [6.45, 7) is 7.00. The highest BCUT2D eigenvalue weighted by Crippen LogP contribution is 2.18. The molecule has 2 rings (SSSR count). The minimum absolute atomic E-state index is 0.0221. The number of hydrogen-bond acceptors (Lipinski definition) is 4. The number of carbonyl (C=O) groups excluding carboxylic acids is 1. The van der Waals surface area contributed by atoms with Crippen molar-refractivity contribution in [3.63, 3.8) is 0 Å². The molecule has 5 nitrogen and oxygen atoms in total. The van der Waals surface area contributed by atoms with Crippen LogP contribution in [-0.2, 0) is 4.79 Å². The van der Waals surface area contributed by atoms with E-state index in [1.807, 2.05) is 12.1 Å². The molecule has 1 saturated heterocycles. The van der Waals surface area contributed by atoms with Gasteiger partial charge in [0, 0.05) is 32.1 Å². The van der Waals surface area contributed by atoms with Gasteiger partial charge >= 0.3 is 0 Å². The average molecular weight is 276 g/mol. The van der Waals surface area contributed by atoms with E-state index in [9.17, 15) is 4.79 Å². The number of hydrogen-bond donors (Lipinski definition) is 2. The molecule has 1 fully saturated rings. The van der Waals surface area contributed by atoms with Crippen molar-refractivity contribution in [2.24, 2.45) is 0 Å². The summed E-state index contributed by atoms with van der Waals surface area (Å²) in [6.07, 6.45) is 4.69. The highest BCUT2D eigenvalue weighted by atomic mass is 16.1. The molecule has 0 radical (unpaired) electrons. The van der Waals surface area contributed by atoms with E-state index in [2.05, 4.69) is 34.4 Å². The van der Waals surface area contributed by atoms with Gasteiger partial charge in [0.1, 0.15) is 5.82 Å². The van der Waals surface area contributed by atoms with Crippen molar-refractivity contribution in [3.05, 3.63) is 18.3 Å². The van der Waals surface area contributed by atoms with Crippen molar-refractivity contribution < 1.29 is 4.79 Å². The molecule has 1 aromatic heterocycles. The van der Waals surface area contributed by atoms with Crippen LogP contribution in [0.15, 0.2) is 18.3 Å². The van der Waals surface area contributed by atoms with E-state index < -0.39 is 0 Å². The van der Waals surface area contributed by atoms with Gasteiger partial charge in [0.2, 0.25) is 5.91 Å². The molecule has 110 valence electrons. The maximum absolute atomic E-state index is 11.7. The van der Waals surface area contributed by atoms with Gasteiger partial charge in [-0.05, 0) is 25.0 Å². The minimum atomic E-state index is 0.0221. The van der Waals surface area contributed by atoms with Gasteiger partial charge < -0.3 is 15.5 Å². The number of pyridine rings is 1. The van der Waals surface area contributed by atoms with Gasteiger partial charge in [0.25, 0.3) is 0 Å². The third-order valence-electron chi connectivity index (χ3n) is 3.37. The quantitative estimate of drug-likeness (QED) is 0.834. The first kappa shape index (κ1) is 14.8. The zero-order valence-corrected chi connectivity index (χ0v) is 12.4. The summed E-state index contributed by atoms with van der Waals surface area (Å²) < 4.78 is 0. The van der Waals surface area contributed by atoms with Gasteiger partial charge in [-0.25, -0.2) is 4.98 Å². The van der Waals surface area contributed by atoms with Crippen LogP contribution in [0.4, 0.5) is 11.5 Å². The predicted molar refractivity (Wildman–Crippen MR) is 82.1 cm³/mol. The van der Waals surface area contributed by atoms with Crippen molar-refractivity contribution in [2.75, 3.05) is 29.9 Å². The number of amides is 1. The molecule has 2 N–H and O–H groups in total. The molecule has 1 amide bonds. The van der Waals surface area contributed by atoms with Crippen LogP contribution in [0.1, 0.15) is 33.1 Å². The van der Waals surface area contributed by atoms with Crippen molar-refractivity contribution in [1.82, 2.24) is 10.3 Å². The summed E-state index contributed by atoms with van der Waals surface area (Å²) in [5.74, 6) is 1.02. The van der Waals surface area contributed by atoms with Gasteiger partial charge in [-0.15, -0.1) is 0 Å². The number of aromatic nitrogens is 1. The third kappa shape index (κ3) is 4.49. The number of anilines is 2. The second-order valence-corrected chi connectivity index (χ2v) is 5.51. The van der Waals surface area contributed by atoms with Gasteiger partial charge in [0.15, 0.2) is 0 Å². The summed E-state index contributed by atoms with van der Waals surface area (Å²) in [5.41, 5.74) is 0.766. The first-order valence-corrected chi connectivity index (χ1v) is 7.39. The molecule has 0 saturated carbocycles. The van der Waals surface area contributed by atoms with E-state index in [1.54, 1.807) is 6.20 Å². The predicted octanol–water partition coefficient (Wildman–Crippen LogP) is 2.01. The summed E-state index contributed by atoms with van der Waals surface area (Å²) >= 11 is 0. The Labute approximate surface area is 120 Å². The number of carbonyl (C=O) groups is 1. The molecular formula is C15H24N4O. The Morgan fingerprint density at radius 3 is 2.70 bits per heavy atom. The third-order valence-corrected chi connectivity index (χ3v) is 3.37. The zero-order valence-electron chi connectivity index (χ0n) is 12.4. The fraction of sp³-hybridized carbons (Fsp3) is 0.600. The second kappa shape index (κ2) is 7.24. The number of rotatable bonds is 6. The van der Waals surface area contributed by atoms with E-state index in [0.717, 1.165) is 24.6 Å². The molecule has 0 atom stereocenters. The Bertz CT molecular complexity index is 424. The van der Waals surface area contributed by atoms with Gasteiger partial charge in [0.05, 0.1) is 11.9 Å². The molecule has 0 unspecified atom stereocenters. The molecule has 20 heavy (non-hydrogen) atoms. The first-order chi connectivity index (χ1) is 9.65. The Kier molecular flexibility index (Phi) is 5.35. The van der Waals surface area contributed by atoms with Crippen LogP contribution >= 0.6 is 0 Å². The molecule has 0 spiro atoms. The van der Waals surface area contributed by atoms with E-state index in [4.69, 9.17) is 0 Å². The number of nitrogens with one attached hydrogen (secondary N) is 2. The Morgan fingerprint density at radius 2 is 2.10 bits per heavy atom. The lowest BCUT2D eigenvalue weighted by Gasteiger charge is -2.16. The van der Waals surface area contributed by atoms with Gasteiger partial charge in [-0.1, -0.05) is 13.8 Å². The average Bonchev–Trinajstić information content (AvgIpc) is 2.93. The lowest BCUT2D eigenvalue weighted by Crippen LogP contribution is -2.27. The van der Waals surface area contributed by atoms with Crippen LogP contribution in [0.2, 0.25) is 0 Å². The van der Waals surface area contributed by atoms with E-state index in [0.29, 0.717) is 19.0 Å². The molecule has 5 heteroatoms. The largest absolute Gasteiger partial charge is 0.357 e. The van der Waals surface area contributed by atoms with Crippen LogP contribution in [0, 0.1) is 0 Å². The van der Waals surface area contributed by atoms with E-state index in [-0.39, 0.29) is 5.91 Å². The SMILES string of the molecule is CC(C)NCCC(=O)Nc1ccc(N2CCCC2)nc1. The minimum Gasteiger partial charge on any atom is -0.357 e. The lowest BCUT2D eigenvalue weighted by molar-refractivity contribution is -0.116. The monoisotopic (exact) mass is 276 g/mol. The van der Waals surface area contributed by atoms with Crippen LogP contribution in [0.3, 0.4) is 0 Å². The van der Waals surface area contributed by atoms with Crippen molar-refractivity contribution in [2.45, 2.75) is 39.2 Å². The fourth-order valence-corrected chi connectivity index (χ4v) is 2.29. The molecule has 0 aromatic carbocycles. The first-order valence-electron chi connectivity index (χ1n) is 7.39. The Balaban J connectivity index is 1.79. The molecule has 0 aliphatic carbocycles. The van der Waals surface area contributed by atoms with Crippen molar-refractivity contribution in [3.8, 4) is 0 Å². The van der Waals surface area contributed by atoms with E-state index in [1.165, 1.54) is 12.8 Å². The van der Waals surface area contributed by atoms with Crippen LogP contribution < -0.4 is 15.5 Å². The van der Waals surface area contributed by atoms with E-state index >= 15 is 0 Å². The van der Waals surface area contributed by atoms with Crippen molar-refractivity contribution >= 4 is 17.4 Å². The smallest absolute Gasteiger partial charge is 0.225 e. The Hall–Kier alpha value is -1.62. The zero-order chi connectivity index (χ0) is 14.4. The van der Waals surface area contributed by atoms with Crippen LogP contribution in [-0.4, -0.2) is 36.6 Å². The fourth-order valence-electron chi connectivity index (χ4n) is 2.29. The molecule has 2 heterocycles. The highest BCUT2D eigenvalue weighted by molar-refractivity contribution is 5.90. The Morgan fingerprint density at radius 1 is 1.35 bits per heavy atom. The second-order valence-electron chi connectivity index (χ2n) is 5.51. The molecule has 0 bridgehead atoms. The van der Waals surface area contributed by atoms with Gasteiger partial charge in [-0.3, -0.25) is 4.79 Å². The van der Waals surface area contributed by atoms with Crippen LogP contribution in [0.5, 0.6) is 0 Å². The lowest BCUT2D eigenvalue weighted by atomic mass is 10.3. The maximum atomic E-state index is 11.7. The molecule has 1 aromatic rings. The molecule has 1 aliphatic heterocycles.